The molecule has 9 aromatic rings. The smallest absolute Gasteiger partial charge is 0.0541 e. The summed E-state index contributed by atoms with van der Waals surface area (Å²) in [5.74, 6) is 1.39. The number of fused-ring (bicyclic) bond motifs is 9. The summed E-state index contributed by atoms with van der Waals surface area (Å²) in [7, 11) is 0. The molecule has 0 N–H and O–H groups in total. The van der Waals surface area contributed by atoms with Crippen molar-refractivity contribution in [3.8, 4) is 27.9 Å². The van der Waals surface area contributed by atoms with Gasteiger partial charge in [-0.3, -0.25) is 0 Å². The molecule has 0 radical (unpaired) electrons. The van der Waals surface area contributed by atoms with Crippen molar-refractivity contribution in [2.24, 2.45) is 11.8 Å². The van der Waals surface area contributed by atoms with Gasteiger partial charge in [0.1, 0.15) is 0 Å². The summed E-state index contributed by atoms with van der Waals surface area (Å²) in [6.07, 6.45) is 5.05. The van der Waals surface area contributed by atoms with E-state index in [1.54, 1.807) is 11.1 Å². The molecule has 1 heterocycles. The molecule has 2 nitrogen and oxygen atoms in total. The van der Waals surface area contributed by atoms with Crippen LogP contribution >= 0.6 is 0 Å². The van der Waals surface area contributed by atoms with Gasteiger partial charge in [-0.25, -0.2) is 0 Å². The molecule has 0 amide bonds. The Hall–Kier alpha value is -6.38. The van der Waals surface area contributed by atoms with E-state index in [4.69, 9.17) is 0 Å². The van der Waals surface area contributed by atoms with Crippen LogP contribution in [0.3, 0.4) is 0 Å². The van der Waals surface area contributed by atoms with Crippen molar-refractivity contribution >= 4 is 49.6 Å². The van der Waals surface area contributed by atoms with Crippen molar-refractivity contribution in [3.05, 3.63) is 193 Å². The predicted molar refractivity (Wildman–Crippen MR) is 241 cm³/mol. The van der Waals surface area contributed by atoms with E-state index < -0.39 is 0 Å². The molecule has 0 bridgehead atoms. The number of hydrogen-bond donors (Lipinski definition) is 0. The lowest BCUT2D eigenvalue weighted by molar-refractivity contribution is 0.355. The first-order valence-corrected chi connectivity index (χ1v) is 20.8. The van der Waals surface area contributed by atoms with Crippen LogP contribution in [0, 0.1) is 11.8 Å². The maximum atomic E-state index is 2.47. The number of rotatable bonds is 7. The van der Waals surface area contributed by atoms with E-state index in [0.717, 1.165) is 28.7 Å². The minimum absolute atomic E-state index is 0.103. The SMILES string of the molecule is CCCC1CC(C)CC12c1ccccc1-c1c(-c3ccc(N(c4cccc(-n5c6ccccc6c6ccccc65)c4)c4ccc5ccccc5c4)cc3)cccc12. The van der Waals surface area contributed by atoms with Gasteiger partial charge in [0.25, 0.3) is 0 Å². The van der Waals surface area contributed by atoms with E-state index in [2.05, 4.69) is 205 Å². The van der Waals surface area contributed by atoms with Crippen LogP contribution in [0.5, 0.6) is 0 Å². The Labute approximate surface area is 335 Å². The second-order valence-corrected chi connectivity index (χ2v) is 16.6. The first kappa shape index (κ1) is 33.9. The molecule has 1 aromatic heterocycles. The molecule has 0 aliphatic heterocycles. The van der Waals surface area contributed by atoms with Gasteiger partial charge in [0, 0.05) is 38.9 Å². The molecule has 11 rings (SSSR count). The lowest BCUT2D eigenvalue weighted by Crippen LogP contribution is -2.30. The lowest BCUT2D eigenvalue weighted by Gasteiger charge is -2.34. The summed E-state index contributed by atoms with van der Waals surface area (Å²) < 4.78 is 2.41. The van der Waals surface area contributed by atoms with Crippen molar-refractivity contribution in [2.45, 2.75) is 44.9 Å². The number of aromatic nitrogens is 1. The summed E-state index contributed by atoms with van der Waals surface area (Å²) in [5, 5.41) is 5.00. The van der Waals surface area contributed by atoms with Crippen molar-refractivity contribution < 1.29 is 0 Å². The molecule has 8 aromatic carbocycles. The Morgan fingerprint density at radius 3 is 1.98 bits per heavy atom. The van der Waals surface area contributed by atoms with Gasteiger partial charge in [0.2, 0.25) is 0 Å². The van der Waals surface area contributed by atoms with E-state index in [9.17, 15) is 0 Å². The van der Waals surface area contributed by atoms with Gasteiger partial charge < -0.3 is 9.47 Å². The fourth-order valence-electron chi connectivity index (χ4n) is 11.1. The monoisotopic (exact) mass is 734 g/mol. The first-order chi connectivity index (χ1) is 28.1. The number of anilines is 3. The first-order valence-electron chi connectivity index (χ1n) is 20.8. The van der Waals surface area contributed by atoms with E-state index in [1.165, 1.54) is 80.5 Å². The van der Waals surface area contributed by atoms with Crippen LogP contribution < -0.4 is 4.90 Å². The molecule has 1 saturated carbocycles. The predicted octanol–water partition coefficient (Wildman–Crippen LogP) is 15.2. The Bertz CT molecular complexity index is 2920. The third-order valence-electron chi connectivity index (χ3n) is 13.3. The Kier molecular flexibility index (Phi) is 7.96. The highest BCUT2D eigenvalue weighted by Crippen LogP contribution is 2.63. The van der Waals surface area contributed by atoms with E-state index >= 15 is 0 Å². The van der Waals surface area contributed by atoms with Gasteiger partial charge in [-0.05, 0) is 130 Å². The minimum atomic E-state index is 0.103. The lowest BCUT2D eigenvalue weighted by atomic mass is 9.68. The maximum Gasteiger partial charge on any atom is 0.0541 e. The molecule has 0 saturated heterocycles. The standard InChI is InChI=1S/C55H46N2/c1-3-14-41-33-37(2)36-55(41)50-23-9-6-21-49(50)54-46(22-13-24-51(54)55)39-28-30-42(31-29-39)56(45-32-27-38-15-4-5-16-40(38)34-45)43-17-12-18-44(35-43)57-52-25-10-7-19-47(52)48-20-8-11-26-53(48)57/h4-13,15-32,34-35,37,41H,3,14,33,36H2,1-2H3. The summed E-state index contributed by atoms with van der Waals surface area (Å²) in [6.45, 7) is 4.83. The molecule has 276 valence electrons. The molecular formula is C55H46N2. The van der Waals surface area contributed by atoms with E-state index in [1.807, 2.05) is 0 Å². The second-order valence-electron chi connectivity index (χ2n) is 16.6. The Balaban J connectivity index is 1.06. The van der Waals surface area contributed by atoms with Gasteiger partial charge in [0.15, 0.2) is 0 Å². The number of benzene rings is 8. The zero-order valence-corrected chi connectivity index (χ0v) is 32.7. The zero-order valence-electron chi connectivity index (χ0n) is 32.7. The van der Waals surface area contributed by atoms with Crippen LogP contribution in [-0.2, 0) is 5.41 Å². The van der Waals surface area contributed by atoms with Gasteiger partial charge >= 0.3 is 0 Å². The molecule has 1 spiro atoms. The molecule has 1 fully saturated rings. The number of nitrogens with zero attached hydrogens (tertiary/aromatic N) is 2. The van der Waals surface area contributed by atoms with Gasteiger partial charge in [-0.1, -0.05) is 148 Å². The maximum absolute atomic E-state index is 2.47. The van der Waals surface area contributed by atoms with Crippen LogP contribution in [0.25, 0.3) is 60.5 Å². The fourth-order valence-corrected chi connectivity index (χ4v) is 11.1. The number of hydrogen-bond acceptors (Lipinski definition) is 1. The van der Waals surface area contributed by atoms with Crippen LogP contribution in [0.15, 0.2) is 182 Å². The van der Waals surface area contributed by atoms with Gasteiger partial charge in [0.05, 0.1) is 11.0 Å². The van der Waals surface area contributed by atoms with Crippen LogP contribution in [0.4, 0.5) is 17.1 Å². The summed E-state index contributed by atoms with van der Waals surface area (Å²) in [4.78, 5) is 2.42. The quantitative estimate of drug-likeness (QED) is 0.158. The van der Waals surface area contributed by atoms with E-state index in [0.29, 0.717) is 5.92 Å². The molecule has 2 aliphatic carbocycles. The highest BCUT2D eigenvalue weighted by atomic mass is 15.1. The zero-order chi connectivity index (χ0) is 38.1. The average Bonchev–Trinajstić information content (AvgIpc) is 3.88. The second kappa shape index (κ2) is 13.4. The number of para-hydroxylation sites is 2. The van der Waals surface area contributed by atoms with Crippen molar-refractivity contribution in [1.82, 2.24) is 4.57 Å². The highest BCUT2D eigenvalue weighted by molar-refractivity contribution is 6.09. The van der Waals surface area contributed by atoms with Crippen molar-refractivity contribution in [2.75, 3.05) is 4.90 Å². The third-order valence-corrected chi connectivity index (χ3v) is 13.3. The topological polar surface area (TPSA) is 8.17 Å². The van der Waals surface area contributed by atoms with Crippen LogP contribution in [-0.4, -0.2) is 4.57 Å². The molecule has 2 aliphatic rings. The fraction of sp³-hybridized carbons (Fsp3) is 0.164. The van der Waals surface area contributed by atoms with Crippen molar-refractivity contribution in [3.63, 3.8) is 0 Å². The molecule has 3 atom stereocenters. The average molecular weight is 735 g/mol. The summed E-state index contributed by atoms with van der Waals surface area (Å²) in [6, 6.07) is 67.8. The van der Waals surface area contributed by atoms with Gasteiger partial charge in [-0.15, -0.1) is 0 Å². The molecular weight excluding hydrogens is 689 g/mol. The third kappa shape index (κ3) is 5.23. The minimum Gasteiger partial charge on any atom is -0.310 e. The molecule has 57 heavy (non-hydrogen) atoms. The normalized spacial score (nSPS) is 18.4. The van der Waals surface area contributed by atoms with Gasteiger partial charge in [-0.2, -0.15) is 0 Å². The largest absolute Gasteiger partial charge is 0.310 e. The highest BCUT2D eigenvalue weighted by Gasteiger charge is 2.53. The molecule has 3 unspecified atom stereocenters. The molecule has 2 heteroatoms. The van der Waals surface area contributed by atoms with Crippen molar-refractivity contribution in [1.29, 1.82) is 0 Å². The summed E-state index contributed by atoms with van der Waals surface area (Å²) >= 11 is 0. The van der Waals surface area contributed by atoms with Crippen LogP contribution in [0.1, 0.15) is 50.7 Å². The Morgan fingerprint density at radius 1 is 0.561 bits per heavy atom. The van der Waals surface area contributed by atoms with Crippen LogP contribution in [0.2, 0.25) is 0 Å². The summed E-state index contributed by atoms with van der Waals surface area (Å²) in [5.41, 5.74) is 15.6. The van der Waals surface area contributed by atoms with E-state index in [-0.39, 0.29) is 5.41 Å². The Morgan fingerprint density at radius 2 is 1.19 bits per heavy atom.